The largest absolute Gasteiger partial charge is 0.504 e. The molecule has 4 N–H and O–H groups in total. The predicted octanol–water partition coefficient (Wildman–Crippen LogP) is 0.110. The number of carbonyl (C=O) groups excluding carboxylic acids is 2. The van der Waals surface area contributed by atoms with Crippen molar-refractivity contribution in [3.63, 3.8) is 0 Å². The summed E-state index contributed by atoms with van der Waals surface area (Å²) in [4.78, 5) is 61.1. The van der Waals surface area contributed by atoms with Crippen LogP contribution in [0.3, 0.4) is 0 Å². The molecule has 208 valence electrons. The number of amides is 2. The van der Waals surface area contributed by atoms with Gasteiger partial charge in [0.2, 0.25) is 23.0 Å². The van der Waals surface area contributed by atoms with Crippen molar-refractivity contribution in [2.24, 2.45) is 14.1 Å². The summed E-state index contributed by atoms with van der Waals surface area (Å²) in [5.74, 6) is -2.39. The topological polar surface area (TPSA) is 182 Å². The van der Waals surface area contributed by atoms with Crippen LogP contribution in [0, 0.1) is 6.92 Å². The minimum atomic E-state index is -0.914. The number of ether oxygens (including phenoxy) is 1. The maximum absolute atomic E-state index is 12.8. The molecule has 1 atom stereocenters. The number of carbonyl (C=O) groups is 2. The van der Waals surface area contributed by atoms with Gasteiger partial charge >= 0.3 is 5.69 Å². The first-order chi connectivity index (χ1) is 18.4. The van der Waals surface area contributed by atoms with E-state index in [4.69, 9.17) is 9.15 Å². The van der Waals surface area contributed by atoms with E-state index in [2.05, 4.69) is 10.6 Å². The lowest BCUT2D eigenvalue weighted by molar-refractivity contribution is -0.122. The maximum atomic E-state index is 12.8. The van der Waals surface area contributed by atoms with Gasteiger partial charge in [0.25, 0.3) is 5.56 Å². The maximum Gasteiger partial charge on any atom is 0.330 e. The minimum Gasteiger partial charge on any atom is -0.504 e. The molecule has 3 rings (SSSR count). The van der Waals surface area contributed by atoms with Crippen LogP contribution in [-0.4, -0.2) is 44.8 Å². The van der Waals surface area contributed by atoms with Gasteiger partial charge in [0.05, 0.1) is 19.6 Å². The lowest BCUT2D eigenvalue weighted by Crippen LogP contribution is -2.39. The van der Waals surface area contributed by atoms with E-state index in [1.54, 1.807) is 0 Å². The summed E-state index contributed by atoms with van der Waals surface area (Å²) in [6, 6.07) is 6.70. The second-order valence-corrected chi connectivity index (χ2v) is 8.87. The summed E-state index contributed by atoms with van der Waals surface area (Å²) < 4.78 is 13.0. The Morgan fingerprint density at radius 3 is 2.44 bits per heavy atom. The van der Waals surface area contributed by atoms with Crippen molar-refractivity contribution in [1.82, 2.24) is 19.8 Å². The molecule has 3 aromatic rings. The SMILES string of the molecule is COc1cc(C(CC(=O)NCCC(=O)NCc2cc(=O)n(C)c(=O)n2C)c2oc(C)cc(=O)c2O)ccc1O. The lowest BCUT2D eigenvalue weighted by atomic mass is 9.91. The van der Waals surface area contributed by atoms with Crippen LogP contribution >= 0.6 is 0 Å². The lowest BCUT2D eigenvalue weighted by Gasteiger charge is -2.19. The first-order valence-electron chi connectivity index (χ1n) is 11.9. The van der Waals surface area contributed by atoms with Crippen molar-refractivity contribution < 1.29 is 29.0 Å². The highest BCUT2D eigenvalue weighted by atomic mass is 16.5. The second kappa shape index (κ2) is 12.2. The smallest absolute Gasteiger partial charge is 0.330 e. The highest BCUT2D eigenvalue weighted by Crippen LogP contribution is 2.37. The molecule has 2 aromatic heterocycles. The number of aromatic hydroxyl groups is 2. The van der Waals surface area contributed by atoms with E-state index in [1.807, 2.05) is 0 Å². The molecular formula is C26H30N4O9. The van der Waals surface area contributed by atoms with Crippen molar-refractivity contribution in [3.05, 3.63) is 84.2 Å². The Hall–Kier alpha value is -4.81. The van der Waals surface area contributed by atoms with Crippen LogP contribution in [0.2, 0.25) is 0 Å². The molecule has 0 radical (unpaired) electrons. The summed E-state index contributed by atoms with van der Waals surface area (Å²) >= 11 is 0. The van der Waals surface area contributed by atoms with Gasteiger partial charge in [-0.2, -0.15) is 0 Å². The standard InChI is InChI=1S/C26H30N4O9/c1-14-9-19(32)24(36)25(39-14)17(15-5-6-18(31)20(10-15)38-4)12-22(34)27-8-7-21(33)28-13-16-11-23(35)30(3)26(37)29(16)2/h5-6,9-11,17,31,36H,7-8,12-13H2,1-4H3,(H,27,34)(H,28,33). The van der Waals surface area contributed by atoms with Gasteiger partial charge < -0.3 is 30.0 Å². The Morgan fingerprint density at radius 1 is 1.03 bits per heavy atom. The van der Waals surface area contributed by atoms with Crippen molar-refractivity contribution >= 4 is 11.8 Å². The number of methoxy groups -OCH3 is 1. The number of hydrogen-bond acceptors (Lipinski definition) is 9. The number of phenols is 1. The van der Waals surface area contributed by atoms with Crippen LogP contribution < -0.4 is 32.0 Å². The third-order valence-corrected chi connectivity index (χ3v) is 6.15. The second-order valence-electron chi connectivity index (χ2n) is 8.87. The molecule has 2 heterocycles. The molecule has 1 aromatic carbocycles. The molecule has 13 heteroatoms. The molecule has 0 aliphatic heterocycles. The van der Waals surface area contributed by atoms with E-state index in [1.165, 1.54) is 57.0 Å². The molecule has 0 aliphatic rings. The van der Waals surface area contributed by atoms with Gasteiger partial charge in [-0.05, 0) is 24.6 Å². The Labute approximate surface area is 222 Å². The third kappa shape index (κ3) is 6.74. The molecular weight excluding hydrogens is 512 g/mol. The van der Waals surface area contributed by atoms with Crippen LogP contribution in [0.4, 0.5) is 0 Å². The zero-order valence-electron chi connectivity index (χ0n) is 21.9. The summed E-state index contributed by atoms with van der Waals surface area (Å²) in [6.07, 6.45) is -0.349. The fourth-order valence-corrected chi connectivity index (χ4v) is 3.93. The molecule has 0 saturated heterocycles. The Bertz CT molecular complexity index is 1570. The molecule has 1 unspecified atom stereocenters. The van der Waals surface area contributed by atoms with Crippen molar-refractivity contribution in [3.8, 4) is 17.2 Å². The number of rotatable bonds is 10. The van der Waals surface area contributed by atoms with E-state index in [0.29, 0.717) is 11.3 Å². The van der Waals surface area contributed by atoms with Gasteiger partial charge in [0.1, 0.15) is 5.76 Å². The number of hydrogen-bond donors (Lipinski definition) is 4. The fourth-order valence-electron chi connectivity index (χ4n) is 3.93. The monoisotopic (exact) mass is 542 g/mol. The minimum absolute atomic E-state index is 0.0322. The molecule has 0 saturated carbocycles. The van der Waals surface area contributed by atoms with E-state index >= 15 is 0 Å². The van der Waals surface area contributed by atoms with E-state index < -0.39 is 40.2 Å². The van der Waals surface area contributed by atoms with Gasteiger partial charge in [0, 0.05) is 51.3 Å². The van der Waals surface area contributed by atoms with Crippen LogP contribution in [-0.2, 0) is 30.2 Å². The Morgan fingerprint density at radius 2 is 1.74 bits per heavy atom. The van der Waals surface area contributed by atoms with E-state index in [0.717, 1.165) is 10.6 Å². The Kier molecular flexibility index (Phi) is 8.96. The summed E-state index contributed by atoms with van der Waals surface area (Å²) in [6.45, 7) is 1.45. The van der Waals surface area contributed by atoms with Gasteiger partial charge in [-0.25, -0.2) is 4.79 Å². The van der Waals surface area contributed by atoms with Crippen LogP contribution in [0.25, 0.3) is 0 Å². The molecule has 0 fully saturated rings. The number of benzene rings is 1. The summed E-state index contributed by atoms with van der Waals surface area (Å²) in [5, 5.41) is 25.6. The van der Waals surface area contributed by atoms with Gasteiger partial charge in [-0.3, -0.25) is 28.3 Å². The van der Waals surface area contributed by atoms with Crippen molar-refractivity contribution in [2.45, 2.75) is 32.2 Å². The highest BCUT2D eigenvalue weighted by molar-refractivity contribution is 5.79. The van der Waals surface area contributed by atoms with Crippen LogP contribution in [0.5, 0.6) is 17.2 Å². The first-order valence-corrected chi connectivity index (χ1v) is 11.9. The molecule has 0 aliphatic carbocycles. The number of aryl methyl sites for hydroxylation is 1. The summed E-state index contributed by atoms with van der Waals surface area (Å²) in [5.41, 5.74) is -0.926. The average Bonchev–Trinajstić information content (AvgIpc) is 2.90. The number of nitrogens with zero attached hydrogens (tertiary/aromatic N) is 2. The quantitative estimate of drug-likeness (QED) is 0.276. The normalized spacial score (nSPS) is 11.6. The number of phenolic OH excluding ortho intramolecular Hbond substituents is 1. The number of nitrogens with one attached hydrogen (secondary N) is 2. The van der Waals surface area contributed by atoms with Crippen LogP contribution in [0.15, 0.2) is 49.1 Å². The average molecular weight is 543 g/mol. The summed E-state index contributed by atoms with van der Waals surface area (Å²) in [7, 11) is 4.19. The highest BCUT2D eigenvalue weighted by Gasteiger charge is 2.26. The van der Waals surface area contributed by atoms with Crippen molar-refractivity contribution in [1.29, 1.82) is 0 Å². The molecule has 39 heavy (non-hydrogen) atoms. The third-order valence-electron chi connectivity index (χ3n) is 6.15. The van der Waals surface area contributed by atoms with Gasteiger partial charge in [-0.1, -0.05) is 6.07 Å². The predicted molar refractivity (Wildman–Crippen MR) is 139 cm³/mol. The fraction of sp³-hybridized carbons (Fsp3) is 0.346. The van der Waals surface area contributed by atoms with E-state index in [9.17, 15) is 34.2 Å². The van der Waals surface area contributed by atoms with Gasteiger partial charge in [0.15, 0.2) is 17.3 Å². The zero-order chi connectivity index (χ0) is 28.9. The van der Waals surface area contributed by atoms with Crippen LogP contribution in [0.1, 0.15) is 41.5 Å². The van der Waals surface area contributed by atoms with Gasteiger partial charge in [-0.15, -0.1) is 0 Å². The molecule has 13 nitrogen and oxygen atoms in total. The number of aromatic nitrogens is 2. The zero-order valence-corrected chi connectivity index (χ0v) is 21.9. The molecule has 0 bridgehead atoms. The Balaban J connectivity index is 1.68. The molecule has 0 spiro atoms. The first kappa shape index (κ1) is 28.8. The molecule has 2 amide bonds. The van der Waals surface area contributed by atoms with E-state index in [-0.39, 0.29) is 49.0 Å². The van der Waals surface area contributed by atoms with Crippen molar-refractivity contribution in [2.75, 3.05) is 13.7 Å².